The second kappa shape index (κ2) is 7.47. The van der Waals surface area contributed by atoms with Crippen LogP contribution >= 0.6 is 23.1 Å². The lowest BCUT2D eigenvalue weighted by atomic mass is 10.3. The van der Waals surface area contributed by atoms with Crippen LogP contribution in [0.4, 0.5) is 0 Å². The van der Waals surface area contributed by atoms with Crippen LogP contribution in [0.25, 0.3) is 0 Å². The summed E-state index contributed by atoms with van der Waals surface area (Å²) in [6.45, 7) is 0. The number of benzene rings is 3. The van der Waals surface area contributed by atoms with E-state index < -0.39 is 7.14 Å². The first-order chi connectivity index (χ1) is 12.1. The summed E-state index contributed by atoms with van der Waals surface area (Å²) in [6.07, 6.45) is 0. The second-order valence-electron chi connectivity index (χ2n) is 5.41. The van der Waals surface area contributed by atoms with Crippen LogP contribution in [0.15, 0.2) is 77.3 Å². The van der Waals surface area contributed by atoms with Gasteiger partial charge in [0.15, 0.2) is 7.14 Å². The lowest BCUT2D eigenvalue weighted by Crippen LogP contribution is -2.27. The van der Waals surface area contributed by atoms with Crippen molar-refractivity contribution in [3.8, 4) is 11.5 Å². The van der Waals surface area contributed by atoms with Gasteiger partial charge in [0.2, 0.25) is 0 Å². The number of hydrogen-bond acceptors (Lipinski definition) is 3. The summed E-state index contributed by atoms with van der Waals surface area (Å²) in [5, 5.41) is 2.09. The zero-order valence-electron chi connectivity index (χ0n) is 14.0. The molecule has 0 aliphatic carbocycles. The molecule has 0 atom stereocenters. The molecule has 128 valence electrons. The van der Waals surface area contributed by atoms with Gasteiger partial charge in [0.25, 0.3) is 0 Å². The van der Waals surface area contributed by atoms with Gasteiger partial charge >= 0.3 is 0 Å². The Kier molecular flexibility index (Phi) is 5.31. The maximum absolute atomic E-state index is 14.5. The smallest absolute Gasteiger partial charge is 0.175 e. The fourth-order valence-corrected chi connectivity index (χ4v) is 6.93. The molecule has 0 heterocycles. The first kappa shape index (κ1) is 17.8. The third-order valence-electron chi connectivity index (χ3n) is 4.04. The predicted octanol–water partition coefficient (Wildman–Crippen LogP) is 4.11. The molecule has 0 amide bonds. The standard InChI is InChI=1S/C20H18BrO3P/c1-23-17-13-14-18(24-2)20(19(17)21)25(22,15-9-5-3-6-10-15)16-11-7-4-8-12-16/h3-14H,1-2H3. The fourth-order valence-electron chi connectivity index (χ4n) is 2.83. The Bertz CT molecular complexity index is 867. The number of rotatable bonds is 5. The third-order valence-corrected chi connectivity index (χ3v) is 8.26. The lowest BCUT2D eigenvalue weighted by molar-refractivity contribution is 0.403. The maximum atomic E-state index is 14.5. The van der Waals surface area contributed by atoms with Gasteiger partial charge in [-0.05, 0) is 28.1 Å². The Balaban J connectivity index is 2.41. The molecule has 0 aromatic heterocycles. The van der Waals surface area contributed by atoms with Gasteiger partial charge in [-0.2, -0.15) is 0 Å². The molecule has 0 aliphatic heterocycles. The van der Waals surface area contributed by atoms with Crippen molar-refractivity contribution in [3.05, 3.63) is 77.3 Å². The number of halogens is 1. The minimum atomic E-state index is -3.16. The Morgan fingerprint density at radius 1 is 0.720 bits per heavy atom. The minimum absolute atomic E-state index is 0.559. The van der Waals surface area contributed by atoms with Crippen molar-refractivity contribution in [2.75, 3.05) is 14.2 Å². The molecule has 0 unspecified atom stereocenters. The van der Waals surface area contributed by atoms with Crippen LogP contribution in [-0.4, -0.2) is 14.2 Å². The van der Waals surface area contributed by atoms with E-state index in [2.05, 4.69) is 15.9 Å². The molecule has 0 N–H and O–H groups in total. The van der Waals surface area contributed by atoms with Gasteiger partial charge in [0.05, 0.1) is 24.0 Å². The van der Waals surface area contributed by atoms with E-state index in [4.69, 9.17) is 9.47 Å². The molecule has 0 fully saturated rings. The summed E-state index contributed by atoms with van der Waals surface area (Å²) in [5.74, 6) is 1.17. The van der Waals surface area contributed by atoms with E-state index in [9.17, 15) is 4.57 Å². The molecular weight excluding hydrogens is 399 g/mol. The molecule has 5 heteroatoms. The Labute approximate surface area is 156 Å². The Hall–Kier alpha value is -2.03. The van der Waals surface area contributed by atoms with Gasteiger partial charge in [-0.3, -0.25) is 0 Å². The predicted molar refractivity (Wildman–Crippen MR) is 107 cm³/mol. The highest BCUT2D eigenvalue weighted by atomic mass is 79.9. The van der Waals surface area contributed by atoms with E-state index in [0.29, 0.717) is 21.3 Å². The van der Waals surface area contributed by atoms with Crippen LogP contribution in [-0.2, 0) is 4.57 Å². The fraction of sp³-hybridized carbons (Fsp3) is 0.100. The van der Waals surface area contributed by atoms with Crippen molar-refractivity contribution in [1.82, 2.24) is 0 Å². The Morgan fingerprint density at radius 2 is 1.16 bits per heavy atom. The molecule has 0 saturated heterocycles. The van der Waals surface area contributed by atoms with Gasteiger partial charge in [0, 0.05) is 10.6 Å². The van der Waals surface area contributed by atoms with Gasteiger partial charge in [0.1, 0.15) is 11.5 Å². The molecule has 3 aromatic rings. The summed E-state index contributed by atoms with van der Waals surface area (Å²) in [6, 6.07) is 22.5. The van der Waals surface area contributed by atoms with E-state index in [1.165, 1.54) is 0 Å². The van der Waals surface area contributed by atoms with Crippen molar-refractivity contribution in [2.45, 2.75) is 0 Å². The summed E-state index contributed by atoms with van der Waals surface area (Å²) in [7, 11) is 0.0108. The van der Waals surface area contributed by atoms with Crippen LogP contribution in [0.5, 0.6) is 11.5 Å². The molecule has 0 radical (unpaired) electrons. The number of methoxy groups -OCH3 is 2. The number of hydrogen-bond donors (Lipinski definition) is 0. The summed E-state index contributed by atoms with van der Waals surface area (Å²) < 4.78 is 26.2. The van der Waals surface area contributed by atoms with Crippen LogP contribution in [0.1, 0.15) is 0 Å². The first-order valence-electron chi connectivity index (χ1n) is 7.75. The largest absolute Gasteiger partial charge is 0.496 e. The topological polar surface area (TPSA) is 35.5 Å². The summed E-state index contributed by atoms with van der Waals surface area (Å²) in [4.78, 5) is 0. The van der Waals surface area contributed by atoms with E-state index >= 15 is 0 Å². The molecule has 0 spiro atoms. The highest BCUT2D eigenvalue weighted by Crippen LogP contribution is 2.49. The first-order valence-corrected chi connectivity index (χ1v) is 10.2. The second-order valence-corrected chi connectivity index (χ2v) is 8.90. The average Bonchev–Trinajstić information content (AvgIpc) is 2.68. The van der Waals surface area contributed by atoms with E-state index in [1.54, 1.807) is 26.4 Å². The molecule has 0 aliphatic rings. The van der Waals surface area contributed by atoms with Gasteiger partial charge in [-0.1, -0.05) is 60.7 Å². The molecule has 3 rings (SSSR count). The zero-order valence-corrected chi connectivity index (χ0v) is 16.5. The summed E-state index contributed by atoms with van der Waals surface area (Å²) in [5.41, 5.74) is 0. The third kappa shape index (κ3) is 3.12. The van der Waals surface area contributed by atoms with E-state index in [0.717, 1.165) is 10.6 Å². The van der Waals surface area contributed by atoms with Gasteiger partial charge in [-0.15, -0.1) is 0 Å². The highest BCUT2D eigenvalue weighted by Gasteiger charge is 2.35. The quantitative estimate of drug-likeness (QED) is 0.587. The molecule has 3 aromatic carbocycles. The van der Waals surface area contributed by atoms with Crippen molar-refractivity contribution in [1.29, 1.82) is 0 Å². The summed E-state index contributed by atoms with van der Waals surface area (Å²) >= 11 is 3.59. The molecule has 0 saturated carbocycles. The normalized spacial score (nSPS) is 11.2. The average molecular weight is 417 g/mol. The van der Waals surface area contributed by atoms with Crippen LogP contribution < -0.4 is 25.4 Å². The SMILES string of the molecule is COc1ccc(OC)c(P(=O)(c2ccccc2)c2ccccc2)c1Br. The highest BCUT2D eigenvalue weighted by molar-refractivity contribution is 9.10. The lowest BCUT2D eigenvalue weighted by Gasteiger charge is -2.24. The van der Waals surface area contributed by atoms with Crippen LogP contribution in [0.2, 0.25) is 0 Å². The van der Waals surface area contributed by atoms with Crippen LogP contribution in [0.3, 0.4) is 0 Å². The van der Waals surface area contributed by atoms with Crippen LogP contribution in [0, 0.1) is 0 Å². The molecule has 3 nitrogen and oxygen atoms in total. The zero-order chi connectivity index (χ0) is 17.9. The molecule has 0 bridgehead atoms. The minimum Gasteiger partial charge on any atom is -0.496 e. The van der Waals surface area contributed by atoms with Crippen molar-refractivity contribution >= 4 is 39.0 Å². The Morgan fingerprint density at radius 3 is 1.60 bits per heavy atom. The maximum Gasteiger partial charge on any atom is 0.175 e. The van der Waals surface area contributed by atoms with E-state index in [-0.39, 0.29) is 0 Å². The van der Waals surface area contributed by atoms with Gasteiger partial charge in [-0.25, -0.2) is 0 Å². The van der Waals surface area contributed by atoms with Gasteiger partial charge < -0.3 is 14.0 Å². The van der Waals surface area contributed by atoms with Crippen molar-refractivity contribution in [2.24, 2.45) is 0 Å². The molecule has 25 heavy (non-hydrogen) atoms. The molecular formula is C20H18BrO3P. The van der Waals surface area contributed by atoms with E-state index in [1.807, 2.05) is 60.7 Å². The van der Waals surface area contributed by atoms with Crippen molar-refractivity contribution in [3.63, 3.8) is 0 Å². The number of ether oxygens (including phenoxy) is 2. The van der Waals surface area contributed by atoms with Crippen molar-refractivity contribution < 1.29 is 14.0 Å². The monoisotopic (exact) mass is 416 g/mol.